The average Bonchev–Trinajstić information content (AvgIpc) is 2.46. The molecule has 0 aromatic heterocycles. The van der Waals surface area contributed by atoms with E-state index >= 15 is 0 Å². The number of ether oxygens (including phenoxy) is 1. The molecule has 1 aromatic rings. The summed E-state index contributed by atoms with van der Waals surface area (Å²) in [5.41, 5.74) is 6.53. The van der Waals surface area contributed by atoms with Crippen molar-refractivity contribution in [2.75, 3.05) is 6.61 Å². The summed E-state index contributed by atoms with van der Waals surface area (Å²) in [4.78, 5) is 12.2. The van der Waals surface area contributed by atoms with Gasteiger partial charge in [-0.25, -0.2) is 0 Å². The first-order valence-corrected chi connectivity index (χ1v) is 6.60. The Labute approximate surface area is 117 Å². The molecule has 6 nitrogen and oxygen atoms in total. The minimum Gasteiger partial charge on any atom is -0.409 e. The number of amides is 1. The first-order valence-electron chi connectivity index (χ1n) is 6.60. The number of hydrogen-bond acceptors (Lipinski definition) is 4. The van der Waals surface area contributed by atoms with Crippen LogP contribution in [-0.4, -0.2) is 35.7 Å². The zero-order valence-electron chi connectivity index (χ0n) is 11.4. The standard InChI is InChI=1S/C14H19N3O3/c1-9-7-12(5-6-20-9)16-14(18)11-4-2-3-10(8-11)13(15)17-19/h2-4,8-9,12,19H,5-7H2,1H3,(H2,15,17)(H,16,18). The van der Waals surface area contributed by atoms with E-state index in [-0.39, 0.29) is 23.9 Å². The van der Waals surface area contributed by atoms with Gasteiger partial charge in [-0.2, -0.15) is 0 Å². The molecule has 6 heteroatoms. The Bertz CT molecular complexity index is 516. The van der Waals surface area contributed by atoms with E-state index in [4.69, 9.17) is 15.7 Å². The number of rotatable bonds is 3. The summed E-state index contributed by atoms with van der Waals surface area (Å²) in [5.74, 6) is -0.170. The highest BCUT2D eigenvalue weighted by molar-refractivity contribution is 6.01. The van der Waals surface area contributed by atoms with Gasteiger partial charge in [0.25, 0.3) is 5.91 Å². The number of nitrogens with zero attached hydrogens (tertiary/aromatic N) is 1. The monoisotopic (exact) mass is 277 g/mol. The molecule has 0 saturated carbocycles. The molecule has 108 valence electrons. The summed E-state index contributed by atoms with van der Waals surface area (Å²) in [6, 6.07) is 6.81. The van der Waals surface area contributed by atoms with Gasteiger partial charge in [-0.3, -0.25) is 4.79 Å². The molecule has 20 heavy (non-hydrogen) atoms. The van der Waals surface area contributed by atoms with E-state index in [1.54, 1.807) is 24.3 Å². The molecule has 2 atom stereocenters. The van der Waals surface area contributed by atoms with Gasteiger partial charge in [0.15, 0.2) is 5.84 Å². The fraction of sp³-hybridized carbons (Fsp3) is 0.429. The van der Waals surface area contributed by atoms with Crippen LogP contribution in [0.25, 0.3) is 0 Å². The van der Waals surface area contributed by atoms with E-state index in [0.29, 0.717) is 17.7 Å². The smallest absolute Gasteiger partial charge is 0.251 e. The van der Waals surface area contributed by atoms with E-state index in [1.165, 1.54) is 0 Å². The minimum atomic E-state index is -0.156. The molecular formula is C14H19N3O3. The largest absolute Gasteiger partial charge is 0.409 e. The Morgan fingerprint density at radius 2 is 2.25 bits per heavy atom. The van der Waals surface area contributed by atoms with Crippen LogP contribution in [0.1, 0.15) is 35.7 Å². The van der Waals surface area contributed by atoms with Gasteiger partial charge in [0.2, 0.25) is 0 Å². The maximum absolute atomic E-state index is 12.2. The summed E-state index contributed by atoms with van der Waals surface area (Å²) in [5, 5.41) is 14.6. The average molecular weight is 277 g/mol. The normalized spacial score (nSPS) is 23.4. The van der Waals surface area contributed by atoms with Crippen LogP contribution in [0.4, 0.5) is 0 Å². The number of amidine groups is 1. The molecule has 1 saturated heterocycles. The van der Waals surface area contributed by atoms with Gasteiger partial charge in [-0.05, 0) is 31.9 Å². The van der Waals surface area contributed by atoms with E-state index in [2.05, 4.69) is 10.5 Å². The predicted octanol–water partition coefficient (Wildman–Crippen LogP) is 1.08. The number of oxime groups is 1. The molecule has 2 rings (SSSR count). The fourth-order valence-electron chi connectivity index (χ4n) is 2.28. The number of nitrogens with one attached hydrogen (secondary N) is 1. The number of carbonyl (C=O) groups is 1. The second-order valence-electron chi connectivity index (χ2n) is 4.94. The summed E-state index contributed by atoms with van der Waals surface area (Å²) in [6.45, 7) is 2.66. The fourth-order valence-corrected chi connectivity index (χ4v) is 2.28. The predicted molar refractivity (Wildman–Crippen MR) is 74.9 cm³/mol. The van der Waals surface area contributed by atoms with Gasteiger partial charge < -0.3 is 21.0 Å². The highest BCUT2D eigenvalue weighted by Gasteiger charge is 2.21. The van der Waals surface area contributed by atoms with Crippen molar-refractivity contribution in [2.45, 2.75) is 31.9 Å². The molecule has 0 spiro atoms. The van der Waals surface area contributed by atoms with Crippen molar-refractivity contribution in [3.05, 3.63) is 35.4 Å². The first kappa shape index (κ1) is 14.3. The van der Waals surface area contributed by atoms with E-state index in [1.807, 2.05) is 6.92 Å². The van der Waals surface area contributed by atoms with Crippen molar-refractivity contribution < 1.29 is 14.7 Å². The van der Waals surface area contributed by atoms with Crippen LogP contribution in [0.3, 0.4) is 0 Å². The van der Waals surface area contributed by atoms with Crippen molar-refractivity contribution in [1.29, 1.82) is 0 Å². The van der Waals surface area contributed by atoms with Crippen LogP contribution in [0.15, 0.2) is 29.4 Å². The lowest BCUT2D eigenvalue weighted by Crippen LogP contribution is -2.41. The molecule has 1 aliphatic rings. The van der Waals surface area contributed by atoms with Gasteiger partial charge in [0, 0.05) is 23.8 Å². The minimum absolute atomic E-state index is 0.0145. The van der Waals surface area contributed by atoms with Gasteiger partial charge in [-0.1, -0.05) is 17.3 Å². The summed E-state index contributed by atoms with van der Waals surface area (Å²) < 4.78 is 5.45. The van der Waals surface area contributed by atoms with Crippen molar-refractivity contribution in [2.24, 2.45) is 10.9 Å². The summed E-state index contributed by atoms with van der Waals surface area (Å²) in [7, 11) is 0. The molecule has 0 bridgehead atoms. The van der Waals surface area contributed by atoms with Crippen LogP contribution in [0, 0.1) is 0 Å². The van der Waals surface area contributed by atoms with Crippen molar-refractivity contribution in [3.63, 3.8) is 0 Å². The third kappa shape index (κ3) is 3.48. The van der Waals surface area contributed by atoms with Crippen LogP contribution in [0.2, 0.25) is 0 Å². The zero-order chi connectivity index (χ0) is 14.5. The molecule has 4 N–H and O–H groups in total. The highest BCUT2D eigenvalue weighted by atomic mass is 16.5. The molecule has 1 aliphatic heterocycles. The van der Waals surface area contributed by atoms with Crippen LogP contribution >= 0.6 is 0 Å². The van der Waals surface area contributed by atoms with Crippen molar-refractivity contribution in [1.82, 2.24) is 5.32 Å². The Morgan fingerprint density at radius 1 is 1.50 bits per heavy atom. The molecule has 1 fully saturated rings. The molecule has 1 amide bonds. The highest BCUT2D eigenvalue weighted by Crippen LogP contribution is 2.14. The van der Waals surface area contributed by atoms with E-state index < -0.39 is 0 Å². The van der Waals surface area contributed by atoms with Crippen LogP contribution in [-0.2, 0) is 4.74 Å². The van der Waals surface area contributed by atoms with Crippen molar-refractivity contribution in [3.8, 4) is 0 Å². The molecule has 0 radical (unpaired) electrons. The van der Waals surface area contributed by atoms with Gasteiger partial charge in [0.05, 0.1) is 6.10 Å². The molecule has 1 aromatic carbocycles. The molecule has 1 heterocycles. The van der Waals surface area contributed by atoms with Crippen molar-refractivity contribution >= 4 is 11.7 Å². The SMILES string of the molecule is CC1CC(NC(=O)c2cccc(/C(N)=N/O)c2)CCO1. The van der Waals surface area contributed by atoms with Gasteiger partial charge in [-0.15, -0.1) is 0 Å². The Balaban J connectivity index is 2.05. The number of benzene rings is 1. The quantitative estimate of drug-likeness (QED) is 0.333. The van der Waals surface area contributed by atoms with E-state index in [9.17, 15) is 4.79 Å². The third-order valence-corrected chi connectivity index (χ3v) is 3.35. The lowest BCUT2D eigenvalue weighted by Gasteiger charge is -2.28. The van der Waals surface area contributed by atoms with Crippen LogP contribution in [0.5, 0.6) is 0 Å². The third-order valence-electron chi connectivity index (χ3n) is 3.35. The first-order chi connectivity index (χ1) is 9.60. The molecular weight excluding hydrogens is 258 g/mol. The number of carbonyl (C=O) groups excluding carboxylic acids is 1. The Morgan fingerprint density at radius 3 is 2.95 bits per heavy atom. The zero-order valence-corrected chi connectivity index (χ0v) is 11.4. The molecule has 2 unspecified atom stereocenters. The van der Waals surface area contributed by atoms with Gasteiger partial charge in [0.1, 0.15) is 0 Å². The summed E-state index contributed by atoms with van der Waals surface area (Å²) in [6.07, 6.45) is 1.79. The topological polar surface area (TPSA) is 96.9 Å². The number of hydrogen-bond donors (Lipinski definition) is 3. The Kier molecular flexibility index (Phi) is 4.57. The molecule has 0 aliphatic carbocycles. The Hall–Kier alpha value is -2.08. The maximum atomic E-state index is 12.2. The van der Waals surface area contributed by atoms with Gasteiger partial charge >= 0.3 is 0 Å². The lowest BCUT2D eigenvalue weighted by atomic mass is 10.0. The maximum Gasteiger partial charge on any atom is 0.251 e. The van der Waals surface area contributed by atoms with Crippen LogP contribution < -0.4 is 11.1 Å². The number of nitrogens with two attached hydrogens (primary N) is 1. The second-order valence-corrected chi connectivity index (χ2v) is 4.94. The summed E-state index contributed by atoms with van der Waals surface area (Å²) >= 11 is 0. The lowest BCUT2D eigenvalue weighted by molar-refractivity contribution is 0.0136. The van der Waals surface area contributed by atoms with E-state index in [0.717, 1.165) is 12.8 Å². The second kappa shape index (κ2) is 6.38.